The molecule has 0 unspecified atom stereocenters. The molecule has 0 aromatic carbocycles. The van der Waals surface area contributed by atoms with Gasteiger partial charge in [0.1, 0.15) is 6.61 Å². The van der Waals surface area contributed by atoms with Gasteiger partial charge in [-0.25, -0.2) is 0 Å². The molecule has 0 saturated heterocycles. The highest BCUT2D eigenvalue weighted by atomic mass is 16.6. The fourth-order valence-corrected chi connectivity index (χ4v) is 1.98. The molecule has 4 nitrogen and oxygen atoms in total. The molecule has 1 atom stereocenters. The van der Waals surface area contributed by atoms with Crippen LogP contribution in [0.3, 0.4) is 0 Å². The van der Waals surface area contributed by atoms with E-state index in [-0.39, 0.29) is 23.7 Å². The summed E-state index contributed by atoms with van der Waals surface area (Å²) in [5.74, 6) is 0.748. The maximum Gasteiger partial charge on any atom is 0.226 e. The van der Waals surface area contributed by atoms with Crippen LogP contribution >= 0.6 is 0 Å². The minimum absolute atomic E-state index is 0.118. The van der Waals surface area contributed by atoms with Crippen LogP contribution in [-0.2, 0) is 4.74 Å². The van der Waals surface area contributed by atoms with Crippen molar-refractivity contribution in [2.24, 2.45) is 5.92 Å². The predicted octanol–water partition coefficient (Wildman–Crippen LogP) is 2.80. The van der Waals surface area contributed by atoms with Gasteiger partial charge in [0.2, 0.25) is 6.54 Å². The normalized spacial score (nSPS) is 21.7. The van der Waals surface area contributed by atoms with Crippen LogP contribution in [0.4, 0.5) is 0 Å². The Morgan fingerprint density at radius 2 is 2.31 bits per heavy atom. The fraction of sp³-hybridized carbons (Fsp3) is 0.833. The summed E-state index contributed by atoms with van der Waals surface area (Å²) in [7, 11) is 0. The van der Waals surface area contributed by atoms with Crippen molar-refractivity contribution in [3.63, 3.8) is 0 Å². The smallest absolute Gasteiger partial charge is 0.226 e. The zero-order valence-corrected chi connectivity index (χ0v) is 10.4. The quantitative estimate of drug-likeness (QED) is 0.412. The Hall–Kier alpha value is -0.900. The molecule has 0 amide bonds. The second kappa shape index (κ2) is 5.43. The highest BCUT2D eigenvalue weighted by Crippen LogP contribution is 2.32. The van der Waals surface area contributed by atoms with Crippen molar-refractivity contribution in [2.45, 2.75) is 45.6 Å². The zero-order chi connectivity index (χ0) is 12.2. The molecule has 1 rings (SSSR count). The molecule has 0 saturated carbocycles. The third kappa shape index (κ3) is 3.93. The lowest BCUT2D eigenvalue weighted by atomic mass is 9.84. The molecule has 0 bridgehead atoms. The van der Waals surface area contributed by atoms with Gasteiger partial charge in [-0.1, -0.05) is 13.0 Å². The van der Waals surface area contributed by atoms with E-state index in [1.165, 1.54) is 12.0 Å². The first-order valence-electron chi connectivity index (χ1n) is 5.87. The first-order chi connectivity index (χ1) is 7.42. The summed E-state index contributed by atoms with van der Waals surface area (Å²) in [4.78, 5) is 9.88. The predicted molar refractivity (Wildman–Crippen MR) is 63.0 cm³/mol. The molecule has 0 fully saturated rings. The van der Waals surface area contributed by atoms with Crippen LogP contribution in [-0.4, -0.2) is 23.7 Å². The van der Waals surface area contributed by atoms with E-state index < -0.39 is 0 Å². The Morgan fingerprint density at radius 3 is 2.81 bits per heavy atom. The van der Waals surface area contributed by atoms with E-state index in [1.807, 2.05) is 13.8 Å². The summed E-state index contributed by atoms with van der Waals surface area (Å²) < 4.78 is 5.61. The highest BCUT2D eigenvalue weighted by molar-refractivity contribution is 5.17. The SMILES string of the molecule is C[C@H]1CC=C(C(C)(C)OCC[N+](=O)[O-])CC1. The van der Waals surface area contributed by atoms with E-state index in [2.05, 4.69) is 13.0 Å². The summed E-state index contributed by atoms with van der Waals surface area (Å²) in [6, 6.07) is 0. The Bertz CT molecular complexity index is 284. The van der Waals surface area contributed by atoms with E-state index >= 15 is 0 Å². The molecule has 16 heavy (non-hydrogen) atoms. The van der Waals surface area contributed by atoms with Gasteiger partial charge in [-0.05, 0) is 44.6 Å². The molecule has 0 aromatic rings. The van der Waals surface area contributed by atoms with Crippen LogP contribution in [0.1, 0.15) is 40.0 Å². The zero-order valence-electron chi connectivity index (χ0n) is 10.4. The summed E-state index contributed by atoms with van der Waals surface area (Å²) in [6.45, 7) is 6.30. The van der Waals surface area contributed by atoms with Crippen LogP contribution < -0.4 is 0 Å². The van der Waals surface area contributed by atoms with Gasteiger partial charge < -0.3 is 4.74 Å². The van der Waals surface area contributed by atoms with Crippen LogP contribution in [0.25, 0.3) is 0 Å². The largest absolute Gasteiger partial charge is 0.364 e. The average Bonchev–Trinajstić information content (AvgIpc) is 2.17. The second-order valence-electron chi connectivity index (χ2n) is 5.02. The molecule has 4 heteroatoms. The Kier molecular flexibility index (Phi) is 4.47. The van der Waals surface area contributed by atoms with Gasteiger partial charge in [-0.3, -0.25) is 10.1 Å². The van der Waals surface area contributed by atoms with Crippen LogP contribution in [0.2, 0.25) is 0 Å². The van der Waals surface area contributed by atoms with Crippen molar-refractivity contribution in [3.8, 4) is 0 Å². The minimum atomic E-state index is -0.351. The van der Waals surface area contributed by atoms with Crippen molar-refractivity contribution in [1.82, 2.24) is 0 Å². The Labute approximate surface area is 96.8 Å². The fourth-order valence-electron chi connectivity index (χ4n) is 1.98. The van der Waals surface area contributed by atoms with Gasteiger partial charge in [-0.15, -0.1) is 0 Å². The molecule has 0 radical (unpaired) electrons. The first kappa shape index (κ1) is 13.2. The van der Waals surface area contributed by atoms with Crippen LogP contribution in [0.5, 0.6) is 0 Å². The van der Waals surface area contributed by atoms with E-state index in [9.17, 15) is 10.1 Å². The van der Waals surface area contributed by atoms with Gasteiger partial charge in [-0.2, -0.15) is 0 Å². The van der Waals surface area contributed by atoms with Crippen LogP contribution in [0.15, 0.2) is 11.6 Å². The van der Waals surface area contributed by atoms with Crippen molar-refractivity contribution in [2.75, 3.05) is 13.2 Å². The number of rotatable bonds is 5. The molecule has 0 heterocycles. The summed E-state index contributed by atoms with van der Waals surface area (Å²) in [5.41, 5.74) is 0.935. The first-order valence-corrected chi connectivity index (χ1v) is 5.87. The molecule has 0 N–H and O–H groups in total. The lowest BCUT2D eigenvalue weighted by Crippen LogP contribution is -2.31. The van der Waals surface area contributed by atoms with Crippen molar-refractivity contribution in [1.29, 1.82) is 0 Å². The van der Waals surface area contributed by atoms with Gasteiger partial charge in [0.05, 0.1) is 5.60 Å². The third-order valence-electron chi connectivity index (χ3n) is 3.18. The molecular weight excluding hydrogens is 206 g/mol. The monoisotopic (exact) mass is 227 g/mol. The summed E-state index contributed by atoms with van der Waals surface area (Å²) >= 11 is 0. The number of nitrogens with zero attached hydrogens (tertiary/aromatic N) is 1. The van der Waals surface area contributed by atoms with Gasteiger partial charge in [0.15, 0.2) is 0 Å². The minimum Gasteiger partial charge on any atom is -0.364 e. The number of allylic oxidation sites excluding steroid dienone is 1. The maximum atomic E-state index is 10.2. The highest BCUT2D eigenvalue weighted by Gasteiger charge is 2.26. The number of ether oxygens (including phenoxy) is 1. The van der Waals surface area contributed by atoms with Gasteiger partial charge in [0.25, 0.3) is 0 Å². The second-order valence-corrected chi connectivity index (χ2v) is 5.02. The number of hydrogen-bond donors (Lipinski definition) is 0. The Balaban J connectivity index is 2.46. The maximum absolute atomic E-state index is 10.2. The van der Waals surface area contributed by atoms with Crippen LogP contribution in [0, 0.1) is 16.0 Å². The standard InChI is InChI=1S/C12H21NO3/c1-10-4-6-11(7-5-10)12(2,3)16-9-8-13(14)15/h6,10H,4-5,7-9H2,1-3H3/t10-/m0/s1. The average molecular weight is 227 g/mol. The molecule has 0 aromatic heterocycles. The molecule has 0 aliphatic heterocycles. The molecular formula is C12H21NO3. The molecule has 1 aliphatic rings. The van der Waals surface area contributed by atoms with Crippen molar-refractivity contribution in [3.05, 3.63) is 21.8 Å². The van der Waals surface area contributed by atoms with Crippen molar-refractivity contribution >= 4 is 0 Å². The van der Waals surface area contributed by atoms with Gasteiger partial charge >= 0.3 is 0 Å². The molecule has 1 aliphatic carbocycles. The molecule has 0 spiro atoms. The topological polar surface area (TPSA) is 52.4 Å². The number of hydrogen-bond acceptors (Lipinski definition) is 3. The lowest BCUT2D eigenvalue weighted by molar-refractivity contribution is -0.484. The lowest BCUT2D eigenvalue weighted by Gasteiger charge is -2.31. The van der Waals surface area contributed by atoms with Crippen molar-refractivity contribution < 1.29 is 9.66 Å². The third-order valence-corrected chi connectivity index (χ3v) is 3.18. The van der Waals surface area contributed by atoms with E-state index in [0.29, 0.717) is 0 Å². The Morgan fingerprint density at radius 1 is 1.62 bits per heavy atom. The van der Waals surface area contributed by atoms with E-state index in [4.69, 9.17) is 4.74 Å². The van der Waals surface area contributed by atoms with E-state index in [0.717, 1.165) is 18.8 Å². The van der Waals surface area contributed by atoms with Gasteiger partial charge in [0, 0.05) is 4.92 Å². The molecule has 92 valence electrons. The number of nitro groups is 1. The summed E-state index contributed by atoms with van der Waals surface area (Å²) in [5, 5.41) is 10.2. The summed E-state index contributed by atoms with van der Waals surface area (Å²) in [6.07, 6.45) is 5.57. The van der Waals surface area contributed by atoms with E-state index in [1.54, 1.807) is 0 Å².